The Balaban J connectivity index is 2.58. The van der Waals surface area contributed by atoms with Gasteiger partial charge in [0.05, 0.1) is 5.02 Å². The number of hydrogen-bond acceptors (Lipinski definition) is 2. The third kappa shape index (κ3) is 6.51. The summed E-state index contributed by atoms with van der Waals surface area (Å²) in [5, 5.41) is 4.67. The summed E-state index contributed by atoms with van der Waals surface area (Å²) in [7, 11) is 0. The van der Waals surface area contributed by atoms with Gasteiger partial charge in [-0.15, -0.1) is 0 Å². The van der Waals surface area contributed by atoms with Crippen molar-refractivity contribution >= 4 is 23.2 Å². The van der Waals surface area contributed by atoms with E-state index in [-0.39, 0.29) is 6.10 Å². The fourth-order valence-electron chi connectivity index (χ4n) is 1.80. The first-order valence-electron chi connectivity index (χ1n) is 6.85. The Morgan fingerprint density at radius 1 is 1.21 bits per heavy atom. The summed E-state index contributed by atoms with van der Waals surface area (Å²) in [5.41, 5.74) is 0. The fraction of sp³-hybridized carbons (Fsp3) is 0.600. The van der Waals surface area contributed by atoms with Crippen molar-refractivity contribution in [2.24, 2.45) is 5.92 Å². The monoisotopic (exact) mass is 303 g/mol. The molecule has 0 saturated carbocycles. The molecule has 1 rings (SSSR count). The Kier molecular flexibility index (Phi) is 7.59. The molecular weight excluding hydrogens is 281 g/mol. The van der Waals surface area contributed by atoms with Gasteiger partial charge in [-0.3, -0.25) is 0 Å². The summed E-state index contributed by atoms with van der Waals surface area (Å²) in [4.78, 5) is 0. The van der Waals surface area contributed by atoms with Crippen molar-refractivity contribution in [2.75, 3.05) is 13.1 Å². The van der Waals surface area contributed by atoms with Crippen LogP contribution in [0, 0.1) is 5.92 Å². The number of hydrogen-bond donors (Lipinski definition) is 1. The average Bonchev–Trinajstić information content (AvgIpc) is 2.33. The van der Waals surface area contributed by atoms with Crippen LogP contribution < -0.4 is 10.1 Å². The van der Waals surface area contributed by atoms with Gasteiger partial charge in [0.25, 0.3) is 0 Å². The molecule has 1 N–H and O–H groups in total. The van der Waals surface area contributed by atoms with Crippen LogP contribution in [0.25, 0.3) is 0 Å². The minimum Gasteiger partial charge on any atom is -0.487 e. The zero-order valence-electron chi connectivity index (χ0n) is 11.9. The molecule has 0 fully saturated rings. The molecule has 0 radical (unpaired) electrons. The molecule has 0 amide bonds. The Bertz CT molecular complexity index is 382. The zero-order valence-corrected chi connectivity index (χ0v) is 13.4. The molecule has 2 nitrogen and oxygen atoms in total. The van der Waals surface area contributed by atoms with Gasteiger partial charge in [0, 0.05) is 17.6 Å². The van der Waals surface area contributed by atoms with Crippen LogP contribution in [0.2, 0.25) is 10.0 Å². The Labute approximate surface area is 126 Å². The summed E-state index contributed by atoms with van der Waals surface area (Å²) in [6.07, 6.45) is 2.19. The summed E-state index contributed by atoms with van der Waals surface area (Å²) in [6.45, 7) is 8.35. The lowest BCUT2D eigenvalue weighted by Crippen LogP contribution is -2.33. The van der Waals surface area contributed by atoms with E-state index in [0.29, 0.717) is 21.7 Å². The highest BCUT2D eigenvalue weighted by Gasteiger charge is 2.12. The predicted octanol–water partition coefficient (Wildman–Crippen LogP) is 4.79. The van der Waals surface area contributed by atoms with Gasteiger partial charge in [-0.2, -0.15) is 0 Å². The quantitative estimate of drug-likeness (QED) is 0.746. The molecule has 0 aliphatic carbocycles. The van der Waals surface area contributed by atoms with Crippen molar-refractivity contribution in [3.05, 3.63) is 28.2 Å². The van der Waals surface area contributed by atoms with Crippen LogP contribution >= 0.6 is 23.2 Å². The maximum atomic E-state index is 6.12. The van der Waals surface area contributed by atoms with Crippen molar-refractivity contribution < 1.29 is 4.74 Å². The highest BCUT2D eigenvalue weighted by atomic mass is 35.5. The predicted molar refractivity (Wildman–Crippen MR) is 83.5 cm³/mol. The van der Waals surface area contributed by atoms with E-state index in [4.69, 9.17) is 27.9 Å². The molecule has 108 valence electrons. The van der Waals surface area contributed by atoms with Crippen molar-refractivity contribution in [2.45, 2.75) is 39.7 Å². The van der Waals surface area contributed by atoms with E-state index < -0.39 is 0 Å². The highest BCUT2D eigenvalue weighted by Crippen LogP contribution is 2.29. The van der Waals surface area contributed by atoms with Crippen LogP contribution in [0.5, 0.6) is 5.75 Å². The zero-order chi connectivity index (χ0) is 14.3. The van der Waals surface area contributed by atoms with Gasteiger partial charge in [0.2, 0.25) is 0 Å². The maximum Gasteiger partial charge on any atom is 0.139 e. The molecular formula is C15H23Cl2NO. The normalized spacial score (nSPS) is 12.7. The average molecular weight is 304 g/mol. The first kappa shape index (κ1) is 16.6. The van der Waals surface area contributed by atoms with Crippen LogP contribution in [0.4, 0.5) is 0 Å². The fourth-order valence-corrected chi connectivity index (χ4v) is 2.13. The minimum atomic E-state index is 0.125. The van der Waals surface area contributed by atoms with Crippen molar-refractivity contribution in [1.29, 1.82) is 0 Å². The van der Waals surface area contributed by atoms with E-state index >= 15 is 0 Å². The number of rotatable bonds is 8. The number of benzene rings is 1. The van der Waals surface area contributed by atoms with Gasteiger partial charge < -0.3 is 10.1 Å². The van der Waals surface area contributed by atoms with Crippen LogP contribution in [-0.4, -0.2) is 19.2 Å². The maximum absolute atomic E-state index is 6.12. The molecule has 0 heterocycles. The van der Waals surface area contributed by atoms with Gasteiger partial charge >= 0.3 is 0 Å². The lowest BCUT2D eigenvalue weighted by molar-refractivity contribution is 0.185. The Hall–Kier alpha value is -0.440. The van der Waals surface area contributed by atoms with Crippen molar-refractivity contribution in [3.8, 4) is 5.75 Å². The van der Waals surface area contributed by atoms with Crippen LogP contribution in [-0.2, 0) is 0 Å². The number of ether oxygens (including phenoxy) is 1. The largest absolute Gasteiger partial charge is 0.487 e. The second kappa shape index (κ2) is 8.68. The molecule has 1 atom stereocenters. The van der Waals surface area contributed by atoms with E-state index in [1.54, 1.807) is 18.2 Å². The first-order valence-corrected chi connectivity index (χ1v) is 7.61. The molecule has 0 bridgehead atoms. The molecule has 0 aromatic heterocycles. The van der Waals surface area contributed by atoms with Crippen LogP contribution in [0.3, 0.4) is 0 Å². The third-order valence-electron chi connectivity index (χ3n) is 2.72. The smallest absolute Gasteiger partial charge is 0.139 e. The molecule has 0 aliphatic rings. The molecule has 0 aliphatic heterocycles. The van der Waals surface area contributed by atoms with E-state index in [1.807, 2.05) is 0 Å². The summed E-state index contributed by atoms with van der Waals surface area (Å²) < 4.78 is 5.97. The molecule has 19 heavy (non-hydrogen) atoms. The molecule has 0 spiro atoms. The van der Waals surface area contributed by atoms with E-state index in [0.717, 1.165) is 25.9 Å². The topological polar surface area (TPSA) is 21.3 Å². The summed E-state index contributed by atoms with van der Waals surface area (Å²) in [5.74, 6) is 1.30. The summed E-state index contributed by atoms with van der Waals surface area (Å²) >= 11 is 12.1. The summed E-state index contributed by atoms with van der Waals surface area (Å²) in [6, 6.07) is 5.31. The van der Waals surface area contributed by atoms with Gasteiger partial charge in [-0.1, -0.05) is 50.4 Å². The minimum absolute atomic E-state index is 0.125. The Morgan fingerprint density at radius 2 is 1.95 bits per heavy atom. The molecule has 1 aromatic carbocycles. The second-order valence-electron chi connectivity index (χ2n) is 5.16. The highest BCUT2D eigenvalue weighted by molar-refractivity contribution is 6.34. The lowest BCUT2D eigenvalue weighted by Gasteiger charge is -2.20. The van der Waals surface area contributed by atoms with Gasteiger partial charge in [0.15, 0.2) is 0 Å². The molecule has 0 saturated heterocycles. The van der Waals surface area contributed by atoms with Crippen LogP contribution in [0.1, 0.15) is 33.6 Å². The molecule has 4 heteroatoms. The van der Waals surface area contributed by atoms with E-state index in [1.165, 1.54) is 0 Å². The van der Waals surface area contributed by atoms with Crippen molar-refractivity contribution in [1.82, 2.24) is 5.32 Å². The van der Waals surface area contributed by atoms with Crippen molar-refractivity contribution in [3.63, 3.8) is 0 Å². The third-order valence-corrected chi connectivity index (χ3v) is 3.27. The Morgan fingerprint density at radius 3 is 2.58 bits per heavy atom. The van der Waals surface area contributed by atoms with Crippen LogP contribution in [0.15, 0.2) is 18.2 Å². The van der Waals surface area contributed by atoms with Gasteiger partial charge in [0.1, 0.15) is 11.9 Å². The number of nitrogens with one attached hydrogen (secondary N) is 1. The first-order chi connectivity index (χ1) is 9.02. The standard InChI is InChI=1S/C15H23Cl2NO/c1-4-5-13(10-18-9-11(2)3)19-15-8-12(16)6-7-14(15)17/h6-8,11,13,18H,4-5,9-10H2,1-3H3. The lowest BCUT2D eigenvalue weighted by atomic mass is 10.2. The van der Waals surface area contributed by atoms with E-state index in [9.17, 15) is 0 Å². The molecule has 1 unspecified atom stereocenters. The number of halogens is 2. The molecule has 1 aromatic rings. The van der Waals surface area contributed by atoms with Gasteiger partial charge in [-0.05, 0) is 31.0 Å². The SMILES string of the molecule is CCCC(CNCC(C)C)Oc1cc(Cl)ccc1Cl. The second-order valence-corrected chi connectivity index (χ2v) is 6.00. The van der Waals surface area contributed by atoms with E-state index in [2.05, 4.69) is 26.1 Å². The van der Waals surface area contributed by atoms with Gasteiger partial charge in [-0.25, -0.2) is 0 Å².